The first-order valence-corrected chi connectivity index (χ1v) is 4.50. The lowest BCUT2D eigenvalue weighted by Crippen LogP contribution is -2.41. The normalized spacial score (nSPS) is 12.6. The second-order valence-electron chi connectivity index (χ2n) is 3.02. The Morgan fingerprint density at radius 3 is 2.35 bits per heavy atom. The zero-order valence-electron chi connectivity index (χ0n) is 8.06. The van der Waals surface area contributed by atoms with E-state index in [0.717, 1.165) is 0 Å². The molecule has 1 rings (SSSR count). The van der Waals surface area contributed by atoms with Gasteiger partial charge in [-0.3, -0.25) is 0 Å². The summed E-state index contributed by atoms with van der Waals surface area (Å²) in [6.45, 7) is -1.91. The van der Waals surface area contributed by atoms with Crippen LogP contribution in [0.5, 0.6) is 5.88 Å². The predicted molar refractivity (Wildman–Crippen MR) is 50.2 cm³/mol. The minimum Gasteiger partial charge on any atom is -0.469 e. The fourth-order valence-electron chi connectivity index (χ4n) is 0.785. The number of halogens is 6. The molecule has 0 atom stereocenters. The second kappa shape index (κ2) is 4.52. The van der Waals surface area contributed by atoms with E-state index in [9.17, 15) is 22.0 Å². The number of hydrogen-bond donors (Lipinski definition) is 1. The van der Waals surface area contributed by atoms with Crippen molar-refractivity contribution in [1.82, 2.24) is 4.98 Å². The molecular weight excluding hydrogens is 271 g/mol. The van der Waals surface area contributed by atoms with Crippen LogP contribution in [0.15, 0.2) is 12.1 Å². The molecule has 0 saturated carbocycles. The molecule has 1 aromatic rings. The van der Waals surface area contributed by atoms with E-state index in [1.807, 2.05) is 0 Å². The minimum atomic E-state index is -5.69. The Morgan fingerprint density at radius 1 is 1.24 bits per heavy atom. The SMILES string of the molecule is Nc1ccc(Cl)nc1OCC(F)(F)C(F)(F)F. The van der Waals surface area contributed by atoms with Crippen molar-refractivity contribution in [2.45, 2.75) is 12.1 Å². The fraction of sp³-hybridized carbons (Fsp3) is 0.375. The van der Waals surface area contributed by atoms with E-state index in [4.69, 9.17) is 17.3 Å². The fourth-order valence-corrected chi connectivity index (χ4v) is 0.925. The molecule has 0 aliphatic rings. The Bertz CT molecular complexity index is 409. The molecule has 0 fully saturated rings. The highest BCUT2D eigenvalue weighted by Crippen LogP contribution is 2.36. The smallest absolute Gasteiger partial charge is 0.456 e. The number of rotatable bonds is 3. The van der Waals surface area contributed by atoms with Gasteiger partial charge in [-0.25, -0.2) is 0 Å². The highest BCUT2D eigenvalue weighted by atomic mass is 35.5. The molecule has 3 nitrogen and oxygen atoms in total. The topological polar surface area (TPSA) is 48.1 Å². The van der Waals surface area contributed by atoms with Crippen LogP contribution in [-0.2, 0) is 0 Å². The van der Waals surface area contributed by atoms with E-state index in [1.165, 1.54) is 12.1 Å². The number of nitrogen functional groups attached to an aromatic ring is 1. The van der Waals surface area contributed by atoms with Gasteiger partial charge in [0.15, 0.2) is 6.61 Å². The van der Waals surface area contributed by atoms with Gasteiger partial charge in [0.1, 0.15) is 5.15 Å². The lowest BCUT2D eigenvalue weighted by atomic mass is 10.3. The molecule has 2 N–H and O–H groups in total. The Balaban J connectivity index is 2.77. The number of pyridine rings is 1. The second-order valence-corrected chi connectivity index (χ2v) is 3.41. The molecule has 0 aliphatic carbocycles. The molecule has 0 spiro atoms. The lowest BCUT2D eigenvalue weighted by molar-refractivity contribution is -0.290. The molecule has 0 aliphatic heterocycles. The Kier molecular flexibility index (Phi) is 3.65. The van der Waals surface area contributed by atoms with E-state index < -0.39 is 24.6 Å². The Hall–Kier alpha value is -1.31. The molecule has 17 heavy (non-hydrogen) atoms. The van der Waals surface area contributed by atoms with E-state index in [0.29, 0.717) is 0 Å². The number of ether oxygens (including phenoxy) is 1. The summed E-state index contributed by atoms with van der Waals surface area (Å²) in [5.74, 6) is -5.55. The van der Waals surface area contributed by atoms with Gasteiger partial charge in [-0.05, 0) is 12.1 Å². The molecule has 0 radical (unpaired) electrons. The van der Waals surface area contributed by atoms with E-state index in [1.54, 1.807) is 0 Å². The highest BCUT2D eigenvalue weighted by Gasteiger charge is 2.58. The van der Waals surface area contributed by atoms with Crippen molar-refractivity contribution < 1.29 is 26.7 Å². The third-order valence-electron chi connectivity index (χ3n) is 1.66. The van der Waals surface area contributed by atoms with Gasteiger partial charge in [0.2, 0.25) is 5.88 Å². The van der Waals surface area contributed by atoms with Crippen molar-refractivity contribution in [3.63, 3.8) is 0 Å². The van der Waals surface area contributed by atoms with Gasteiger partial charge >= 0.3 is 12.1 Å². The molecule has 0 bridgehead atoms. The van der Waals surface area contributed by atoms with Crippen molar-refractivity contribution in [3.05, 3.63) is 17.3 Å². The van der Waals surface area contributed by atoms with Gasteiger partial charge in [-0.1, -0.05) is 11.6 Å². The number of hydrogen-bond acceptors (Lipinski definition) is 3. The quantitative estimate of drug-likeness (QED) is 0.682. The largest absolute Gasteiger partial charge is 0.469 e. The van der Waals surface area contributed by atoms with Gasteiger partial charge in [-0.15, -0.1) is 0 Å². The average molecular weight is 277 g/mol. The summed E-state index contributed by atoms with van der Waals surface area (Å²) >= 11 is 5.40. The van der Waals surface area contributed by atoms with Gasteiger partial charge in [0.05, 0.1) is 5.69 Å². The van der Waals surface area contributed by atoms with Crippen molar-refractivity contribution >= 4 is 17.3 Å². The summed E-state index contributed by atoms with van der Waals surface area (Å²) in [6, 6.07) is 2.42. The Labute approximate surface area is 97.3 Å². The van der Waals surface area contributed by atoms with Crippen molar-refractivity contribution in [1.29, 1.82) is 0 Å². The third-order valence-corrected chi connectivity index (χ3v) is 1.87. The summed E-state index contributed by atoms with van der Waals surface area (Å²) in [6.07, 6.45) is -5.69. The number of nitrogens with two attached hydrogens (primary N) is 1. The minimum absolute atomic E-state index is 0.135. The zero-order chi connectivity index (χ0) is 13.3. The molecule has 1 aromatic heterocycles. The van der Waals surface area contributed by atoms with Gasteiger partial charge in [0.25, 0.3) is 0 Å². The standard InChI is InChI=1S/C8H6ClF5N2O/c9-5-2-1-4(15)6(16-5)17-3-7(10,11)8(12,13)14/h1-2H,3,15H2. The van der Waals surface area contributed by atoms with Crippen molar-refractivity contribution in [3.8, 4) is 5.88 Å². The first-order chi connectivity index (χ1) is 7.63. The number of nitrogens with zero attached hydrogens (tertiary/aromatic N) is 1. The first-order valence-electron chi connectivity index (χ1n) is 4.13. The lowest BCUT2D eigenvalue weighted by Gasteiger charge is -2.19. The van der Waals surface area contributed by atoms with Gasteiger partial charge in [-0.2, -0.15) is 26.9 Å². The van der Waals surface area contributed by atoms with Crippen LogP contribution in [0.3, 0.4) is 0 Å². The molecule has 1 heterocycles. The van der Waals surface area contributed by atoms with E-state index in [-0.39, 0.29) is 10.8 Å². The van der Waals surface area contributed by atoms with Crippen LogP contribution >= 0.6 is 11.6 Å². The maximum absolute atomic E-state index is 12.5. The average Bonchev–Trinajstić information content (AvgIpc) is 2.18. The molecule has 0 aromatic carbocycles. The van der Waals surface area contributed by atoms with Crippen LogP contribution < -0.4 is 10.5 Å². The molecule has 0 saturated heterocycles. The summed E-state index contributed by atoms with van der Waals surface area (Å²) in [5, 5.41) is -0.135. The number of aromatic nitrogens is 1. The van der Waals surface area contributed by atoms with Crippen molar-refractivity contribution in [2.75, 3.05) is 12.3 Å². The van der Waals surface area contributed by atoms with Crippen LogP contribution in [0.1, 0.15) is 0 Å². The monoisotopic (exact) mass is 276 g/mol. The summed E-state index contributed by atoms with van der Waals surface area (Å²) in [7, 11) is 0. The molecule has 0 amide bonds. The van der Waals surface area contributed by atoms with Gasteiger partial charge < -0.3 is 10.5 Å². The van der Waals surface area contributed by atoms with Crippen LogP contribution in [0.2, 0.25) is 5.15 Å². The van der Waals surface area contributed by atoms with Crippen LogP contribution in [0, 0.1) is 0 Å². The number of alkyl halides is 5. The maximum atomic E-state index is 12.5. The number of anilines is 1. The maximum Gasteiger partial charge on any atom is 0.456 e. The highest BCUT2D eigenvalue weighted by molar-refractivity contribution is 6.29. The molecule has 96 valence electrons. The third kappa shape index (κ3) is 3.32. The summed E-state index contributed by atoms with van der Waals surface area (Å²) < 4.78 is 64.6. The summed E-state index contributed by atoms with van der Waals surface area (Å²) in [4.78, 5) is 3.38. The predicted octanol–water partition coefficient (Wildman–Crippen LogP) is 2.89. The van der Waals surface area contributed by atoms with Crippen LogP contribution in [0.4, 0.5) is 27.6 Å². The van der Waals surface area contributed by atoms with E-state index in [2.05, 4.69) is 9.72 Å². The van der Waals surface area contributed by atoms with Gasteiger partial charge in [0, 0.05) is 0 Å². The summed E-state index contributed by atoms with van der Waals surface area (Å²) in [5.41, 5.74) is 5.07. The molecule has 0 unspecified atom stereocenters. The molecular formula is C8H6ClF5N2O. The van der Waals surface area contributed by atoms with Crippen LogP contribution in [-0.4, -0.2) is 23.7 Å². The molecule has 9 heteroatoms. The Morgan fingerprint density at radius 2 is 1.82 bits per heavy atom. The zero-order valence-corrected chi connectivity index (χ0v) is 8.82. The van der Waals surface area contributed by atoms with Crippen molar-refractivity contribution in [2.24, 2.45) is 0 Å². The van der Waals surface area contributed by atoms with Crippen LogP contribution in [0.25, 0.3) is 0 Å². The van der Waals surface area contributed by atoms with E-state index >= 15 is 0 Å². The first kappa shape index (κ1) is 13.8.